The number of carbonyl (C=O) groups excluding carboxylic acids is 1. The predicted octanol–water partition coefficient (Wildman–Crippen LogP) is 2.43. The molecule has 1 unspecified atom stereocenters. The molecule has 0 radical (unpaired) electrons. The Hall–Kier alpha value is -0.650. The van der Waals surface area contributed by atoms with Crippen molar-refractivity contribution in [1.82, 2.24) is 4.90 Å². The molecule has 5 heteroatoms. The van der Waals surface area contributed by atoms with E-state index in [2.05, 4.69) is 18.7 Å². The highest BCUT2D eigenvalue weighted by Crippen LogP contribution is 2.28. The fourth-order valence-electron chi connectivity index (χ4n) is 2.59. The summed E-state index contributed by atoms with van der Waals surface area (Å²) in [6.45, 7) is 17.4. The molecule has 23 heavy (non-hydrogen) atoms. The third-order valence-electron chi connectivity index (χ3n) is 4.18. The predicted molar refractivity (Wildman–Crippen MR) is 93.3 cm³/mol. The van der Waals surface area contributed by atoms with Crippen LogP contribution >= 0.6 is 0 Å². The maximum absolute atomic E-state index is 12.2. The van der Waals surface area contributed by atoms with E-state index in [0.29, 0.717) is 13.0 Å². The third-order valence-corrected chi connectivity index (χ3v) is 4.18. The Labute approximate surface area is 141 Å². The van der Waals surface area contributed by atoms with Crippen LogP contribution in [0.4, 0.5) is 0 Å². The molecule has 2 N–H and O–H groups in total. The molecule has 0 aliphatic carbocycles. The Morgan fingerprint density at radius 1 is 1.09 bits per heavy atom. The van der Waals surface area contributed by atoms with Crippen molar-refractivity contribution >= 4 is 5.97 Å². The molecule has 1 saturated heterocycles. The molecule has 1 rings (SSSR count). The van der Waals surface area contributed by atoms with Crippen molar-refractivity contribution in [3.63, 3.8) is 0 Å². The van der Waals surface area contributed by atoms with Gasteiger partial charge >= 0.3 is 5.97 Å². The van der Waals surface area contributed by atoms with E-state index in [9.17, 15) is 4.79 Å². The highest BCUT2D eigenvalue weighted by Gasteiger charge is 2.34. The maximum atomic E-state index is 12.2. The van der Waals surface area contributed by atoms with E-state index < -0.39 is 5.54 Å². The van der Waals surface area contributed by atoms with E-state index in [1.807, 2.05) is 20.8 Å². The zero-order valence-corrected chi connectivity index (χ0v) is 15.9. The van der Waals surface area contributed by atoms with Crippen LogP contribution < -0.4 is 5.73 Å². The third kappa shape index (κ3) is 8.13. The summed E-state index contributed by atoms with van der Waals surface area (Å²) in [6, 6.07) is 0. The summed E-state index contributed by atoms with van der Waals surface area (Å²) in [5, 5.41) is 0. The van der Waals surface area contributed by atoms with Crippen molar-refractivity contribution in [2.45, 2.75) is 59.9 Å². The van der Waals surface area contributed by atoms with Crippen LogP contribution in [0, 0.1) is 10.8 Å². The van der Waals surface area contributed by atoms with Gasteiger partial charge < -0.3 is 15.2 Å². The SMILES string of the molecule is CC(C)(C)COC(=O)C(C)(N)CCC(C)(C)CN1CCOCC1. The summed E-state index contributed by atoms with van der Waals surface area (Å²) in [4.78, 5) is 14.7. The van der Waals surface area contributed by atoms with E-state index in [-0.39, 0.29) is 16.8 Å². The van der Waals surface area contributed by atoms with Gasteiger partial charge in [0.25, 0.3) is 0 Å². The first-order chi connectivity index (χ1) is 10.4. The number of hydrogen-bond donors (Lipinski definition) is 1. The number of hydrogen-bond acceptors (Lipinski definition) is 5. The lowest BCUT2D eigenvalue weighted by molar-refractivity contribution is -0.152. The van der Waals surface area contributed by atoms with Crippen LogP contribution in [0.1, 0.15) is 54.4 Å². The Balaban J connectivity index is 2.44. The van der Waals surface area contributed by atoms with Gasteiger partial charge in [0.1, 0.15) is 5.54 Å². The van der Waals surface area contributed by atoms with E-state index in [4.69, 9.17) is 15.2 Å². The molecule has 0 saturated carbocycles. The lowest BCUT2D eigenvalue weighted by Gasteiger charge is -2.36. The largest absolute Gasteiger partial charge is 0.464 e. The van der Waals surface area contributed by atoms with Crippen molar-refractivity contribution in [2.75, 3.05) is 39.5 Å². The quantitative estimate of drug-likeness (QED) is 0.727. The summed E-state index contributed by atoms with van der Waals surface area (Å²) in [5.41, 5.74) is 5.37. The first-order valence-electron chi connectivity index (χ1n) is 8.68. The van der Waals surface area contributed by atoms with Crippen molar-refractivity contribution < 1.29 is 14.3 Å². The van der Waals surface area contributed by atoms with Gasteiger partial charge in [0.2, 0.25) is 0 Å². The molecule has 1 aliphatic heterocycles. The van der Waals surface area contributed by atoms with Crippen LogP contribution in [-0.4, -0.2) is 55.9 Å². The maximum Gasteiger partial charge on any atom is 0.325 e. The summed E-state index contributed by atoms with van der Waals surface area (Å²) in [5.74, 6) is -0.297. The molecule has 0 aromatic heterocycles. The van der Waals surface area contributed by atoms with Crippen LogP contribution in [0.2, 0.25) is 0 Å². The topological polar surface area (TPSA) is 64.8 Å². The van der Waals surface area contributed by atoms with E-state index in [0.717, 1.165) is 39.3 Å². The monoisotopic (exact) mass is 328 g/mol. The lowest BCUT2D eigenvalue weighted by Crippen LogP contribution is -2.48. The van der Waals surface area contributed by atoms with Gasteiger partial charge in [0.15, 0.2) is 0 Å². The highest BCUT2D eigenvalue weighted by atomic mass is 16.5. The van der Waals surface area contributed by atoms with Crippen LogP contribution in [0.5, 0.6) is 0 Å². The number of rotatable bonds is 7. The number of nitrogens with zero attached hydrogens (tertiary/aromatic N) is 1. The van der Waals surface area contributed by atoms with E-state index in [1.165, 1.54) is 0 Å². The zero-order chi connectivity index (χ0) is 17.7. The Bertz CT molecular complexity index is 380. The van der Waals surface area contributed by atoms with Gasteiger partial charge in [-0.2, -0.15) is 0 Å². The number of morpholine rings is 1. The molecular formula is C18H36N2O3. The number of esters is 1. The van der Waals surface area contributed by atoms with Crippen molar-refractivity contribution in [1.29, 1.82) is 0 Å². The highest BCUT2D eigenvalue weighted by molar-refractivity contribution is 5.79. The van der Waals surface area contributed by atoms with Gasteiger partial charge in [-0.05, 0) is 30.6 Å². The van der Waals surface area contributed by atoms with Gasteiger partial charge in [-0.15, -0.1) is 0 Å². The van der Waals surface area contributed by atoms with E-state index >= 15 is 0 Å². The molecule has 5 nitrogen and oxygen atoms in total. The minimum absolute atomic E-state index is 0.0403. The second kappa shape index (κ2) is 7.95. The molecular weight excluding hydrogens is 292 g/mol. The first-order valence-corrected chi connectivity index (χ1v) is 8.68. The summed E-state index contributed by atoms with van der Waals surface area (Å²) in [6.07, 6.45) is 1.52. The first kappa shape index (κ1) is 20.4. The summed E-state index contributed by atoms with van der Waals surface area (Å²) >= 11 is 0. The smallest absolute Gasteiger partial charge is 0.325 e. The molecule has 136 valence electrons. The zero-order valence-electron chi connectivity index (χ0n) is 15.9. The molecule has 1 aliphatic rings. The summed E-state index contributed by atoms with van der Waals surface area (Å²) < 4.78 is 10.8. The van der Waals surface area contributed by atoms with Crippen molar-refractivity contribution in [3.05, 3.63) is 0 Å². The average Bonchev–Trinajstić information content (AvgIpc) is 2.42. The molecule has 1 heterocycles. The Morgan fingerprint density at radius 2 is 1.65 bits per heavy atom. The molecule has 0 amide bonds. The average molecular weight is 328 g/mol. The molecule has 0 aromatic rings. The number of ether oxygens (including phenoxy) is 2. The fraction of sp³-hybridized carbons (Fsp3) is 0.944. The van der Waals surface area contributed by atoms with Crippen LogP contribution in [0.25, 0.3) is 0 Å². The lowest BCUT2D eigenvalue weighted by atomic mass is 9.82. The van der Waals surface area contributed by atoms with Crippen LogP contribution in [-0.2, 0) is 14.3 Å². The second-order valence-corrected chi connectivity index (χ2v) is 9.11. The van der Waals surface area contributed by atoms with Gasteiger partial charge in [-0.25, -0.2) is 0 Å². The standard InChI is InChI=1S/C18H36N2O3/c1-16(2,3)14-23-15(21)18(6,19)8-7-17(4,5)13-20-9-11-22-12-10-20/h7-14,19H2,1-6H3. The van der Waals surface area contributed by atoms with Crippen LogP contribution in [0.15, 0.2) is 0 Å². The van der Waals surface area contributed by atoms with Gasteiger partial charge in [-0.1, -0.05) is 34.6 Å². The van der Waals surface area contributed by atoms with Gasteiger partial charge in [-0.3, -0.25) is 9.69 Å². The fourth-order valence-corrected chi connectivity index (χ4v) is 2.59. The normalized spacial score (nSPS) is 20.1. The second-order valence-electron chi connectivity index (χ2n) is 9.11. The molecule has 0 spiro atoms. The van der Waals surface area contributed by atoms with E-state index in [1.54, 1.807) is 6.92 Å². The molecule has 0 bridgehead atoms. The molecule has 1 fully saturated rings. The molecule has 0 aromatic carbocycles. The number of nitrogens with two attached hydrogens (primary N) is 1. The minimum Gasteiger partial charge on any atom is -0.464 e. The Kier molecular flexibility index (Phi) is 7.05. The minimum atomic E-state index is -0.923. The molecule has 1 atom stereocenters. The Morgan fingerprint density at radius 3 is 2.17 bits per heavy atom. The summed E-state index contributed by atoms with van der Waals surface area (Å²) in [7, 11) is 0. The van der Waals surface area contributed by atoms with Crippen LogP contribution in [0.3, 0.4) is 0 Å². The van der Waals surface area contributed by atoms with Gasteiger partial charge in [0, 0.05) is 19.6 Å². The van der Waals surface area contributed by atoms with Gasteiger partial charge in [0.05, 0.1) is 19.8 Å². The van der Waals surface area contributed by atoms with Crippen molar-refractivity contribution in [3.8, 4) is 0 Å². The van der Waals surface area contributed by atoms with Crippen molar-refractivity contribution in [2.24, 2.45) is 16.6 Å². The number of carbonyl (C=O) groups is 1.